The molecule has 0 aliphatic carbocycles. The first kappa shape index (κ1) is 26.6. The smallest absolute Gasteiger partial charge is 0.254 e. The van der Waals surface area contributed by atoms with Gasteiger partial charge in [0.1, 0.15) is 17.5 Å². The number of halogens is 2. The Balaban J connectivity index is 1.51. The van der Waals surface area contributed by atoms with E-state index in [1.54, 1.807) is 43.0 Å². The molecule has 1 aliphatic rings. The summed E-state index contributed by atoms with van der Waals surface area (Å²) < 4.78 is 31.9. The number of pyridine rings is 1. The monoisotopic (exact) mass is 535 g/mol. The Bertz CT molecular complexity index is 1510. The van der Waals surface area contributed by atoms with E-state index < -0.39 is 23.6 Å². The zero-order chi connectivity index (χ0) is 27.8. The number of hydrogen-bond donors (Lipinski definition) is 3. The molecule has 3 aromatic heterocycles. The number of benzene rings is 1. The van der Waals surface area contributed by atoms with Crippen LogP contribution in [0.4, 0.5) is 14.5 Å². The van der Waals surface area contributed by atoms with Crippen LogP contribution in [0.1, 0.15) is 42.5 Å². The molecule has 1 fully saturated rings. The third-order valence-corrected chi connectivity index (χ3v) is 6.99. The molecule has 0 spiro atoms. The molecule has 1 saturated heterocycles. The zero-order valence-corrected chi connectivity index (χ0v) is 22.0. The van der Waals surface area contributed by atoms with Gasteiger partial charge in [-0.25, -0.2) is 18.3 Å². The summed E-state index contributed by atoms with van der Waals surface area (Å²) in [4.78, 5) is 23.4. The van der Waals surface area contributed by atoms with Gasteiger partial charge in [-0.2, -0.15) is 5.10 Å². The van der Waals surface area contributed by atoms with Gasteiger partial charge in [-0.05, 0) is 44.2 Å². The number of carbonyl (C=O) groups excluding carboxylic acids is 1. The first-order valence-electron chi connectivity index (χ1n) is 12.9. The Labute approximate surface area is 224 Å². The van der Waals surface area contributed by atoms with E-state index in [2.05, 4.69) is 25.3 Å². The molecular formula is C28H31F2N7O2. The highest BCUT2D eigenvalue weighted by atomic mass is 19.1. The summed E-state index contributed by atoms with van der Waals surface area (Å²) in [5.74, 6) is -1.89. The van der Waals surface area contributed by atoms with Crippen molar-refractivity contribution in [3.8, 4) is 11.3 Å². The van der Waals surface area contributed by atoms with Crippen LogP contribution in [0.3, 0.4) is 0 Å². The minimum absolute atomic E-state index is 0.00517. The molecule has 3 atom stereocenters. The summed E-state index contributed by atoms with van der Waals surface area (Å²) in [5, 5.41) is 17.4. The number of amides is 1. The number of aliphatic hydroxyl groups is 1. The van der Waals surface area contributed by atoms with E-state index in [0.29, 0.717) is 30.9 Å². The maximum absolute atomic E-state index is 15.4. The van der Waals surface area contributed by atoms with E-state index in [9.17, 15) is 14.3 Å². The molecule has 39 heavy (non-hydrogen) atoms. The van der Waals surface area contributed by atoms with Gasteiger partial charge in [-0.1, -0.05) is 6.92 Å². The number of aliphatic hydroxyl groups excluding tert-OH is 1. The second-order valence-electron chi connectivity index (χ2n) is 10.4. The summed E-state index contributed by atoms with van der Waals surface area (Å²) in [6.45, 7) is 6.61. The summed E-state index contributed by atoms with van der Waals surface area (Å²) in [6.07, 6.45) is 4.86. The van der Waals surface area contributed by atoms with Crippen molar-refractivity contribution in [1.82, 2.24) is 24.9 Å². The standard InChI is InChI=1S/C28H31F2N7O2/c1-15(2)34-28(39)19-5-6-20(29)25(26(19)30)22-7-4-18-12-33-24(37(18)35-22)10-17-11-32-9-8-23(17)36-13-16(3)27(38)21(31)14-36/h4-9,11-12,15-16,21,27,38H,10,13-14,31H2,1-3H3,(H,34,39)/t16-,21+,27+/m0/s1. The zero-order valence-electron chi connectivity index (χ0n) is 22.0. The number of aromatic nitrogens is 4. The number of piperidine rings is 1. The lowest BCUT2D eigenvalue weighted by Crippen LogP contribution is -2.55. The molecule has 9 nitrogen and oxygen atoms in total. The van der Waals surface area contributed by atoms with Crippen molar-refractivity contribution in [2.24, 2.45) is 11.7 Å². The Hall–Kier alpha value is -3.96. The molecule has 0 bridgehead atoms. The molecule has 1 aromatic carbocycles. The molecular weight excluding hydrogens is 504 g/mol. The lowest BCUT2D eigenvalue weighted by Gasteiger charge is -2.40. The summed E-state index contributed by atoms with van der Waals surface area (Å²) in [7, 11) is 0. The quantitative estimate of drug-likeness (QED) is 0.347. The maximum atomic E-state index is 15.4. The number of nitrogens with zero attached hydrogens (tertiary/aromatic N) is 5. The molecule has 5 rings (SSSR count). The molecule has 204 valence electrons. The molecule has 4 N–H and O–H groups in total. The molecule has 0 saturated carbocycles. The lowest BCUT2D eigenvalue weighted by atomic mass is 9.92. The highest BCUT2D eigenvalue weighted by Gasteiger charge is 2.32. The van der Waals surface area contributed by atoms with Gasteiger partial charge >= 0.3 is 0 Å². The molecule has 1 aliphatic heterocycles. The Morgan fingerprint density at radius 2 is 1.97 bits per heavy atom. The molecule has 11 heteroatoms. The first-order valence-corrected chi connectivity index (χ1v) is 12.9. The number of carbonyl (C=O) groups is 1. The van der Waals surface area contributed by atoms with Gasteiger partial charge in [-0.3, -0.25) is 9.78 Å². The summed E-state index contributed by atoms with van der Waals surface area (Å²) in [5.41, 5.74) is 8.02. The number of nitrogens with two attached hydrogens (primary N) is 1. The molecule has 4 heterocycles. The van der Waals surface area contributed by atoms with E-state index in [0.717, 1.165) is 23.4 Å². The fourth-order valence-corrected chi connectivity index (χ4v) is 5.04. The predicted molar refractivity (Wildman–Crippen MR) is 143 cm³/mol. The topological polar surface area (TPSA) is 122 Å². The van der Waals surface area contributed by atoms with Crippen molar-refractivity contribution in [2.45, 2.75) is 45.4 Å². The minimum Gasteiger partial charge on any atom is -0.391 e. The van der Waals surface area contributed by atoms with Gasteiger partial charge in [0, 0.05) is 61.2 Å². The van der Waals surface area contributed by atoms with Gasteiger partial charge in [0.25, 0.3) is 5.91 Å². The third kappa shape index (κ3) is 5.19. The van der Waals surface area contributed by atoms with Gasteiger partial charge in [0.05, 0.1) is 34.6 Å². The van der Waals surface area contributed by atoms with Crippen LogP contribution in [0.25, 0.3) is 16.8 Å². The maximum Gasteiger partial charge on any atom is 0.254 e. The number of rotatable bonds is 6. The second kappa shape index (κ2) is 10.7. The highest BCUT2D eigenvalue weighted by Crippen LogP contribution is 2.29. The Morgan fingerprint density at radius 1 is 1.18 bits per heavy atom. The fourth-order valence-electron chi connectivity index (χ4n) is 5.04. The molecule has 4 aromatic rings. The van der Waals surface area contributed by atoms with Crippen molar-refractivity contribution in [1.29, 1.82) is 0 Å². The van der Waals surface area contributed by atoms with E-state index in [4.69, 9.17) is 5.73 Å². The normalized spacial score (nSPS) is 19.6. The second-order valence-corrected chi connectivity index (χ2v) is 10.4. The third-order valence-electron chi connectivity index (χ3n) is 6.99. The van der Waals surface area contributed by atoms with Gasteiger partial charge in [0.2, 0.25) is 0 Å². The van der Waals surface area contributed by atoms with Gasteiger partial charge in [0.15, 0.2) is 0 Å². The van der Waals surface area contributed by atoms with Crippen LogP contribution in [0.5, 0.6) is 0 Å². The Morgan fingerprint density at radius 3 is 2.72 bits per heavy atom. The van der Waals surface area contributed by atoms with Crippen molar-refractivity contribution in [2.75, 3.05) is 18.0 Å². The predicted octanol–water partition coefficient (Wildman–Crippen LogP) is 2.94. The number of anilines is 1. The number of fused-ring (bicyclic) bond motifs is 1. The van der Waals surface area contributed by atoms with Crippen LogP contribution in [0, 0.1) is 17.6 Å². The minimum atomic E-state index is -0.978. The van der Waals surface area contributed by atoms with E-state index in [1.165, 1.54) is 6.07 Å². The Kier molecular flexibility index (Phi) is 7.28. The van der Waals surface area contributed by atoms with Crippen molar-refractivity contribution in [3.05, 3.63) is 77.5 Å². The van der Waals surface area contributed by atoms with Crippen molar-refractivity contribution < 1.29 is 18.7 Å². The van der Waals surface area contributed by atoms with Crippen LogP contribution in [-0.4, -0.2) is 61.9 Å². The average Bonchev–Trinajstić information content (AvgIpc) is 3.29. The highest BCUT2D eigenvalue weighted by molar-refractivity contribution is 5.96. The van der Waals surface area contributed by atoms with Gasteiger partial charge < -0.3 is 21.1 Å². The number of hydrogen-bond acceptors (Lipinski definition) is 7. The molecule has 1 amide bonds. The molecule has 0 unspecified atom stereocenters. The van der Waals surface area contributed by atoms with Crippen molar-refractivity contribution >= 4 is 17.1 Å². The largest absolute Gasteiger partial charge is 0.391 e. The van der Waals surface area contributed by atoms with E-state index >= 15 is 4.39 Å². The van der Waals surface area contributed by atoms with Crippen LogP contribution < -0.4 is 16.0 Å². The first-order chi connectivity index (χ1) is 18.6. The van der Waals surface area contributed by atoms with Gasteiger partial charge in [-0.15, -0.1) is 0 Å². The van der Waals surface area contributed by atoms with Crippen LogP contribution in [-0.2, 0) is 6.42 Å². The van der Waals surface area contributed by atoms with Crippen LogP contribution in [0.2, 0.25) is 0 Å². The van der Waals surface area contributed by atoms with E-state index in [-0.39, 0.29) is 34.8 Å². The fraction of sp³-hybridized carbons (Fsp3) is 0.357. The summed E-state index contributed by atoms with van der Waals surface area (Å²) >= 11 is 0. The summed E-state index contributed by atoms with van der Waals surface area (Å²) in [6, 6.07) is 6.69. The average molecular weight is 536 g/mol. The molecule has 0 radical (unpaired) electrons. The SMILES string of the molecule is CC(C)NC(=O)c1ccc(F)c(-c2ccc3cnc(Cc4cnccc4N4C[C@@H](N)[C@H](O)[C@@H](C)C4)n3n2)c1F. The van der Waals surface area contributed by atoms with Crippen LogP contribution in [0.15, 0.2) is 48.9 Å². The van der Waals surface area contributed by atoms with E-state index in [1.807, 2.05) is 13.0 Å². The van der Waals surface area contributed by atoms with Crippen molar-refractivity contribution in [3.63, 3.8) is 0 Å². The number of imidazole rings is 1. The number of nitrogens with one attached hydrogen (secondary N) is 1. The lowest BCUT2D eigenvalue weighted by molar-refractivity contribution is 0.0784. The van der Waals surface area contributed by atoms with Crippen LogP contribution >= 0.6 is 0 Å².